The second kappa shape index (κ2) is 12.5. The summed E-state index contributed by atoms with van der Waals surface area (Å²) in [5, 5.41) is 3.24. The van der Waals surface area contributed by atoms with E-state index in [1.807, 2.05) is 39.0 Å². The maximum Gasteiger partial charge on any atom is 0.323 e. The maximum atomic E-state index is 13.3. The molecule has 4 atom stereocenters. The predicted octanol–water partition coefficient (Wildman–Crippen LogP) is 4.56. The van der Waals surface area contributed by atoms with Gasteiger partial charge in [0, 0.05) is 38.6 Å². The summed E-state index contributed by atoms with van der Waals surface area (Å²) in [6, 6.07) is 9.73. The lowest BCUT2D eigenvalue weighted by molar-refractivity contribution is -0.161. The molecule has 1 saturated heterocycles. The minimum absolute atomic E-state index is 0.0211. The van der Waals surface area contributed by atoms with Crippen molar-refractivity contribution in [1.29, 1.82) is 0 Å². The van der Waals surface area contributed by atoms with E-state index in [1.165, 1.54) is 0 Å². The van der Waals surface area contributed by atoms with Crippen LogP contribution < -0.4 is 5.32 Å². The molecule has 1 fully saturated rings. The average Bonchev–Trinajstić information content (AvgIpc) is 3.08. The molecule has 0 spiro atoms. The average molecular weight is 461 g/mol. The summed E-state index contributed by atoms with van der Waals surface area (Å²) in [6.45, 7) is 12.8. The summed E-state index contributed by atoms with van der Waals surface area (Å²) >= 11 is 0. The topological polar surface area (TPSA) is 67.9 Å². The second-order valence-electron chi connectivity index (χ2n) is 10.4. The number of carbonyl (C=O) groups excluding carboxylic acids is 2. The van der Waals surface area contributed by atoms with E-state index >= 15 is 0 Å². The Hall–Kier alpha value is -1.92. The van der Waals surface area contributed by atoms with Crippen LogP contribution in [0.15, 0.2) is 30.3 Å². The summed E-state index contributed by atoms with van der Waals surface area (Å²) in [4.78, 5) is 27.9. The van der Waals surface area contributed by atoms with Crippen molar-refractivity contribution in [3.05, 3.63) is 35.9 Å². The van der Waals surface area contributed by atoms with Crippen LogP contribution in [-0.2, 0) is 25.6 Å². The fraction of sp³-hybridized carbons (Fsp3) is 0.704. The number of hydrogen-bond acceptors (Lipinski definition) is 5. The third-order valence-electron chi connectivity index (χ3n) is 6.60. The van der Waals surface area contributed by atoms with Crippen molar-refractivity contribution in [2.75, 3.05) is 13.7 Å². The molecule has 1 aliphatic heterocycles. The molecule has 1 amide bonds. The lowest BCUT2D eigenvalue weighted by atomic mass is 9.86. The molecule has 0 saturated carbocycles. The Bertz CT molecular complexity index is 742. The van der Waals surface area contributed by atoms with E-state index in [2.05, 4.69) is 36.2 Å². The largest absolute Gasteiger partial charge is 0.459 e. The van der Waals surface area contributed by atoms with Crippen molar-refractivity contribution in [1.82, 2.24) is 10.2 Å². The number of benzene rings is 1. The molecule has 6 nitrogen and oxygen atoms in total. The van der Waals surface area contributed by atoms with Gasteiger partial charge in [-0.15, -0.1) is 0 Å². The molecular weight excluding hydrogens is 416 g/mol. The minimum atomic E-state index is -0.559. The first-order chi connectivity index (χ1) is 15.6. The van der Waals surface area contributed by atoms with Gasteiger partial charge in [-0.2, -0.15) is 0 Å². The molecule has 186 valence electrons. The summed E-state index contributed by atoms with van der Waals surface area (Å²) in [5.41, 5.74) is 0.579. The van der Waals surface area contributed by atoms with Crippen molar-refractivity contribution in [3.8, 4) is 0 Å². The Morgan fingerprint density at radius 2 is 1.79 bits per heavy atom. The molecule has 1 aromatic rings. The van der Waals surface area contributed by atoms with E-state index in [9.17, 15) is 9.59 Å². The van der Waals surface area contributed by atoms with Gasteiger partial charge >= 0.3 is 5.97 Å². The van der Waals surface area contributed by atoms with Gasteiger partial charge in [0.2, 0.25) is 5.91 Å². The van der Waals surface area contributed by atoms with Gasteiger partial charge in [0.1, 0.15) is 11.6 Å². The van der Waals surface area contributed by atoms with Crippen LogP contribution in [-0.4, -0.2) is 54.2 Å². The Morgan fingerprint density at radius 1 is 1.15 bits per heavy atom. The number of rotatable bonds is 11. The highest BCUT2D eigenvalue weighted by molar-refractivity contribution is 5.77. The maximum absolute atomic E-state index is 13.3. The fourth-order valence-electron chi connectivity index (χ4n) is 5.12. The van der Waals surface area contributed by atoms with Crippen LogP contribution in [0.4, 0.5) is 0 Å². The Balaban J connectivity index is 2.48. The lowest BCUT2D eigenvalue weighted by Gasteiger charge is -2.38. The molecule has 1 aliphatic rings. The van der Waals surface area contributed by atoms with E-state index < -0.39 is 5.60 Å². The van der Waals surface area contributed by atoms with Crippen molar-refractivity contribution in [3.63, 3.8) is 0 Å². The highest BCUT2D eigenvalue weighted by Crippen LogP contribution is 2.37. The van der Waals surface area contributed by atoms with Crippen LogP contribution in [0.2, 0.25) is 0 Å². The van der Waals surface area contributed by atoms with Crippen molar-refractivity contribution < 1.29 is 19.1 Å². The van der Waals surface area contributed by atoms with Gasteiger partial charge in [0.25, 0.3) is 0 Å². The zero-order chi connectivity index (χ0) is 24.6. The number of carbonyl (C=O) groups is 2. The lowest BCUT2D eigenvalue weighted by Crippen LogP contribution is -2.54. The number of amides is 1. The highest BCUT2D eigenvalue weighted by atomic mass is 16.6. The van der Waals surface area contributed by atoms with Gasteiger partial charge in [-0.05, 0) is 45.1 Å². The molecule has 1 heterocycles. The standard InChI is InChI=1S/C27H44N2O4/c1-8-20(9-2)15-23(28-19(3)30)25-22(18-32-7)16-24(26(31)33-27(4,5)6)29(25)17-21-13-11-10-12-14-21/h10-14,20,22-25H,8-9,15-18H2,1-7H3,(H,28,30)/t22-,23-,24+,25+/m0/s1. The smallest absolute Gasteiger partial charge is 0.323 e. The molecule has 6 heteroatoms. The summed E-state index contributed by atoms with van der Waals surface area (Å²) < 4.78 is 11.4. The van der Waals surface area contributed by atoms with Crippen LogP contribution in [0, 0.1) is 11.8 Å². The van der Waals surface area contributed by atoms with E-state index in [0.29, 0.717) is 25.5 Å². The highest BCUT2D eigenvalue weighted by Gasteiger charge is 2.49. The Labute approximate surface area is 200 Å². The van der Waals surface area contributed by atoms with Crippen LogP contribution in [0.5, 0.6) is 0 Å². The van der Waals surface area contributed by atoms with Gasteiger partial charge in [-0.25, -0.2) is 0 Å². The van der Waals surface area contributed by atoms with Gasteiger partial charge < -0.3 is 14.8 Å². The molecule has 0 unspecified atom stereocenters. The molecule has 0 aromatic heterocycles. The normalized spacial score (nSPS) is 22.4. The Morgan fingerprint density at radius 3 is 2.30 bits per heavy atom. The number of methoxy groups -OCH3 is 1. The van der Waals surface area contributed by atoms with E-state index in [1.54, 1.807) is 14.0 Å². The van der Waals surface area contributed by atoms with E-state index in [-0.39, 0.29) is 35.9 Å². The van der Waals surface area contributed by atoms with Crippen LogP contribution in [0.1, 0.15) is 72.8 Å². The molecule has 0 radical (unpaired) electrons. The SMILES string of the molecule is CCC(CC)C[C@H](NC(C)=O)[C@H]1[C@H](COC)C[C@H](C(=O)OC(C)(C)C)N1Cc1ccccc1. The number of nitrogens with zero attached hydrogens (tertiary/aromatic N) is 1. The molecule has 0 aliphatic carbocycles. The quantitative estimate of drug-likeness (QED) is 0.490. The number of likely N-dealkylation sites (tertiary alicyclic amines) is 1. The van der Waals surface area contributed by atoms with Crippen molar-refractivity contribution in [2.45, 2.75) is 97.5 Å². The van der Waals surface area contributed by atoms with Gasteiger partial charge in [0.15, 0.2) is 0 Å². The third kappa shape index (κ3) is 8.11. The first kappa shape index (κ1) is 27.3. The molecule has 0 bridgehead atoms. The Kier molecular flexibility index (Phi) is 10.4. The minimum Gasteiger partial charge on any atom is -0.459 e. The van der Waals surface area contributed by atoms with Gasteiger partial charge in [-0.1, -0.05) is 57.0 Å². The fourth-order valence-corrected chi connectivity index (χ4v) is 5.12. The van der Waals surface area contributed by atoms with Crippen LogP contribution >= 0.6 is 0 Å². The molecule has 33 heavy (non-hydrogen) atoms. The van der Waals surface area contributed by atoms with Crippen molar-refractivity contribution in [2.24, 2.45) is 11.8 Å². The monoisotopic (exact) mass is 460 g/mol. The molecule has 1 N–H and O–H groups in total. The van der Waals surface area contributed by atoms with E-state index in [4.69, 9.17) is 9.47 Å². The first-order valence-corrected chi connectivity index (χ1v) is 12.4. The van der Waals surface area contributed by atoms with Crippen molar-refractivity contribution >= 4 is 11.9 Å². The zero-order valence-corrected chi connectivity index (χ0v) is 21.6. The molecule has 2 rings (SSSR count). The third-order valence-corrected chi connectivity index (χ3v) is 6.60. The molecular formula is C27H44N2O4. The number of esters is 1. The summed E-state index contributed by atoms with van der Waals surface area (Å²) in [6.07, 6.45) is 3.65. The predicted molar refractivity (Wildman–Crippen MR) is 132 cm³/mol. The summed E-state index contributed by atoms with van der Waals surface area (Å²) in [5.74, 6) is 0.375. The van der Waals surface area contributed by atoms with Crippen LogP contribution in [0.3, 0.4) is 0 Å². The van der Waals surface area contributed by atoms with Gasteiger partial charge in [0.05, 0.1) is 6.61 Å². The first-order valence-electron chi connectivity index (χ1n) is 12.4. The molecule has 1 aromatic carbocycles. The summed E-state index contributed by atoms with van der Waals surface area (Å²) in [7, 11) is 1.70. The zero-order valence-electron chi connectivity index (χ0n) is 21.6. The number of hydrogen-bond donors (Lipinski definition) is 1. The number of ether oxygens (including phenoxy) is 2. The van der Waals surface area contributed by atoms with Gasteiger partial charge in [-0.3, -0.25) is 14.5 Å². The second-order valence-corrected chi connectivity index (χ2v) is 10.4. The number of nitrogens with one attached hydrogen (secondary N) is 1. The van der Waals surface area contributed by atoms with Crippen LogP contribution in [0.25, 0.3) is 0 Å². The van der Waals surface area contributed by atoms with E-state index in [0.717, 1.165) is 24.8 Å².